The molecule has 92 valence electrons. The van der Waals surface area contributed by atoms with Gasteiger partial charge in [-0.1, -0.05) is 25.7 Å². The van der Waals surface area contributed by atoms with Gasteiger partial charge in [-0.25, -0.2) is 0 Å². The molecule has 0 aromatic heterocycles. The van der Waals surface area contributed by atoms with Crippen LogP contribution in [0.1, 0.15) is 51.4 Å². The topological polar surface area (TPSA) is 49.7 Å². The monoisotopic (exact) mass is 218 g/mol. The van der Waals surface area contributed by atoms with Crippen LogP contribution in [0.15, 0.2) is 0 Å². The summed E-state index contributed by atoms with van der Waals surface area (Å²) in [6, 6.07) is 0. The lowest BCUT2D eigenvalue weighted by atomic mass is 10.1. The van der Waals surface area contributed by atoms with Crippen LogP contribution in [0.4, 0.5) is 0 Å². The fourth-order valence-electron chi connectivity index (χ4n) is 1.44. The van der Waals surface area contributed by atoms with Crippen LogP contribution < -0.4 is 0 Å². The predicted octanol–water partition coefficient (Wildman–Crippen LogP) is 2.11. The first-order valence-corrected chi connectivity index (χ1v) is 6.21. The van der Waals surface area contributed by atoms with Crippen LogP contribution in [-0.4, -0.2) is 36.6 Å². The minimum absolute atomic E-state index is 0.272. The van der Waals surface area contributed by atoms with Gasteiger partial charge in [-0.15, -0.1) is 0 Å². The molecule has 0 aliphatic carbocycles. The lowest BCUT2D eigenvalue weighted by molar-refractivity contribution is 0.121. The van der Waals surface area contributed by atoms with Gasteiger partial charge in [-0.05, 0) is 25.7 Å². The zero-order valence-corrected chi connectivity index (χ0v) is 9.79. The van der Waals surface area contributed by atoms with Gasteiger partial charge in [0.05, 0.1) is 0 Å². The molecule has 0 radical (unpaired) electrons. The Morgan fingerprint density at radius 1 is 0.533 bits per heavy atom. The van der Waals surface area contributed by atoms with Crippen LogP contribution in [0.5, 0.6) is 0 Å². The standard InChI is InChI=1S/C12H26O3/c13-9-5-3-1-2-4-7-11-15-12-8-6-10-14/h13-14H,1-12H2. The van der Waals surface area contributed by atoms with E-state index in [1.807, 2.05) is 0 Å². The zero-order chi connectivity index (χ0) is 11.2. The minimum atomic E-state index is 0.272. The highest BCUT2D eigenvalue weighted by Crippen LogP contribution is 2.05. The average molecular weight is 218 g/mol. The van der Waals surface area contributed by atoms with Crippen LogP contribution in [0.2, 0.25) is 0 Å². The van der Waals surface area contributed by atoms with Crippen LogP contribution in [0.25, 0.3) is 0 Å². The Bertz CT molecular complexity index is 95.0. The lowest BCUT2D eigenvalue weighted by Crippen LogP contribution is -1.98. The second kappa shape index (κ2) is 13.9. The molecule has 0 unspecified atom stereocenters. The van der Waals surface area contributed by atoms with Crippen LogP contribution in [0, 0.1) is 0 Å². The van der Waals surface area contributed by atoms with Crippen molar-refractivity contribution in [3.05, 3.63) is 0 Å². The van der Waals surface area contributed by atoms with E-state index in [0.717, 1.165) is 45.3 Å². The third-order valence-electron chi connectivity index (χ3n) is 2.39. The summed E-state index contributed by atoms with van der Waals surface area (Å²) in [7, 11) is 0. The highest BCUT2D eigenvalue weighted by molar-refractivity contribution is 4.45. The quantitative estimate of drug-likeness (QED) is 0.493. The molecule has 0 aliphatic rings. The van der Waals surface area contributed by atoms with Gasteiger partial charge in [-0.2, -0.15) is 0 Å². The normalized spacial score (nSPS) is 10.8. The molecule has 0 amide bonds. The summed E-state index contributed by atoms with van der Waals surface area (Å²) in [5.74, 6) is 0. The van der Waals surface area contributed by atoms with Crippen molar-refractivity contribution in [2.24, 2.45) is 0 Å². The Kier molecular flexibility index (Phi) is 13.8. The van der Waals surface area contributed by atoms with Gasteiger partial charge in [-0.3, -0.25) is 0 Å². The molecule has 3 heteroatoms. The predicted molar refractivity (Wildman–Crippen MR) is 61.9 cm³/mol. The number of ether oxygens (including phenoxy) is 1. The second-order valence-corrected chi connectivity index (χ2v) is 3.89. The van der Waals surface area contributed by atoms with E-state index in [1.54, 1.807) is 0 Å². The molecular formula is C12H26O3. The second-order valence-electron chi connectivity index (χ2n) is 3.89. The van der Waals surface area contributed by atoms with E-state index in [2.05, 4.69) is 0 Å². The molecule has 0 heterocycles. The summed E-state index contributed by atoms with van der Waals surface area (Å²) in [5, 5.41) is 17.1. The van der Waals surface area contributed by atoms with Crippen molar-refractivity contribution in [2.75, 3.05) is 26.4 Å². The smallest absolute Gasteiger partial charge is 0.0466 e. The van der Waals surface area contributed by atoms with Crippen LogP contribution >= 0.6 is 0 Å². The third kappa shape index (κ3) is 13.9. The van der Waals surface area contributed by atoms with Gasteiger partial charge in [0.2, 0.25) is 0 Å². The third-order valence-corrected chi connectivity index (χ3v) is 2.39. The SMILES string of the molecule is OCCCCCCCCOCCCCO. The molecule has 0 bridgehead atoms. The van der Waals surface area contributed by atoms with Crippen LogP contribution in [-0.2, 0) is 4.74 Å². The molecular weight excluding hydrogens is 192 g/mol. The highest BCUT2D eigenvalue weighted by Gasteiger charge is 1.92. The Hall–Kier alpha value is -0.120. The lowest BCUT2D eigenvalue weighted by Gasteiger charge is -2.03. The number of hydrogen-bond acceptors (Lipinski definition) is 3. The molecule has 0 atom stereocenters. The highest BCUT2D eigenvalue weighted by atomic mass is 16.5. The van der Waals surface area contributed by atoms with Gasteiger partial charge < -0.3 is 14.9 Å². The number of aliphatic hydroxyl groups is 2. The molecule has 15 heavy (non-hydrogen) atoms. The van der Waals surface area contributed by atoms with Crippen LogP contribution in [0.3, 0.4) is 0 Å². The minimum Gasteiger partial charge on any atom is -0.396 e. The summed E-state index contributed by atoms with van der Waals surface area (Å²) in [6.07, 6.45) is 8.74. The maximum absolute atomic E-state index is 8.57. The maximum atomic E-state index is 8.57. The molecule has 0 aromatic rings. The molecule has 0 spiro atoms. The molecule has 0 fully saturated rings. The molecule has 0 saturated heterocycles. The number of aliphatic hydroxyl groups excluding tert-OH is 2. The van der Waals surface area contributed by atoms with Crippen molar-refractivity contribution in [3.8, 4) is 0 Å². The number of unbranched alkanes of at least 4 members (excludes halogenated alkanes) is 6. The van der Waals surface area contributed by atoms with Crippen molar-refractivity contribution in [1.29, 1.82) is 0 Å². The van der Waals surface area contributed by atoms with E-state index >= 15 is 0 Å². The summed E-state index contributed by atoms with van der Waals surface area (Å²) < 4.78 is 5.41. The summed E-state index contributed by atoms with van der Waals surface area (Å²) >= 11 is 0. The van der Waals surface area contributed by atoms with Crippen molar-refractivity contribution >= 4 is 0 Å². The summed E-state index contributed by atoms with van der Waals surface area (Å²) in [6.45, 7) is 2.23. The summed E-state index contributed by atoms with van der Waals surface area (Å²) in [4.78, 5) is 0. The Labute approximate surface area is 93.5 Å². The number of hydrogen-bond donors (Lipinski definition) is 2. The summed E-state index contributed by atoms with van der Waals surface area (Å²) in [5.41, 5.74) is 0. The van der Waals surface area contributed by atoms with E-state index in [9.17, 15) is 0 Å². The molecule has 0 aromatic carbocycles. The van der Waals surface area contributed by atoms with Crippen molar-refractivity contribution in [3.63, 3.8) is 0 Å². The first-order valence-electron chi connectivity index (χ1n) is 6.21. The maximum Gasteiger partial charge on any atom is 0.0466 e. The fourth-order valence-corrected chi connectivity index (χ4v) is 1.44. The average Bonchev–Trinajstić information content (AvgIpc) is 2.26. The van der Waals surface area contributed by atoms with Gasteiger partial charge in [0, 0.05) is 26.4 Å². The zero-order valence-electron chi connectivity index (χ0n) is 9.79. The molecule has 0 saturated carbocycles. The van der Waals surface area contributed by atoms with Gasteiger partial charge in [0.25, 0.3) is 0 Å². The Morgan fingerprint density at radius 3 is 1.53 bits per heavy atom. The van der Waals surface area contributed by atoms with E-state index in [0.29, 0.717) is 6.61 Å². The van der Waals surface area contributed by atoms with E-state index in [1.165, 1.54) is 19.3 Å². The first-order chi connectivity index (χ1) is 7.41. The molecule has 2 N–H and O–H groups in total. The largest absolute Gasteiger partial charge is 0.396 e. The van der Waals surface area contributed by atoms with E-state index < -0.39 is 0 Å². The van der Waals surface area contributed by atoms with E-state index in [-0.39, 0.29) is 6.61 Å². The van der Waals surface area contributed by atoms with Gasteiger partial charge in [0.1, 0.15) is 0 Å². The number of rotatable bonds is 12. The fraction of sp³-hybridized carbons (Fsp3) is 1.00. The van der Waals surface area contributed by atoms with Gasteiger partial charge >= 0.3 is 0 Å². The van der Waals surface area contributed by atoms with E-state index in [4.69, 9.17) is 14.9 Å². The molecule has 0 rings (SSSR count). The Morgan fingerprint density at radius 2 is 0.933 bits per heavy atom. The molecule has 3 nitrogen and oxygen atoms in total. The van der Waals surface area contributed by atoms with Crippen molar-refractivity contribution < 1.29 is 14.9 Å². The van der Waals surface area contributed by atoms with Crippen molar-refractivity contribution in [1.82, 2.24) is 0 Å². The Balaban J connectivity index is 2.81. The molecule has 0 aliphatic heterocycles. The van der Waals surface area contributed by atoms with Crippen molar-refractivity contribution in [2.45, 2.75) is 51.4 Å². The van der Waals surface area contributed by atoms with Gasteiger partial charge in [0.15, 0.2) is 0 Å². The first kappa shape index (κ1) is 14.9.